The van der Waals surface area contributed by atoms with Crippen molar-refractivity contribution in [3.8, 4) is 0 Å². The van der Waals surface area contributed by atoms with Crippen LogP contribution in [0.3, 0.4) is 0 Å². The molecule has 0 aliphatic carbocycles. The lowest BCUT2D eigenvalue weighted by molar-refractivity contribution is -0.750. The molecule has 1 aromatic carbocycles. The number of nitrogens with one attached hydrogen (secondary N) is 1. The zero-order valence-corrected chi connectivity index (χ0v) is 22.9. The molecule has 11 heteroatoms. The second-order valence-corrected chi connectivity index (χ2v) is 10.6. The highest BCUT2D eigenvalue weighted by molar-refractivity contribution is 7.15. The van der Waals surface area contributed by atoms with E-state index in [9.17, 15) is 9.59 Å². The summed E-state index contributed by atoms with van der Waals surface area (Å²) < 4.78 is 4.90. The molecule has 5 rings (SSSR count). The molecule has 2 unspecified atom stereocenters. The summed E-state index contributed by atoms with van der Waals surface area (Å²) in [4.78, 5) is 42.5. The van der Waals surface area contributed by atoms with Gasteiger partial charge >= 0.3 is 0 Å². The van der Waals surface area contributed by atoms with Gasteiger partial charge in [0.15, 0.2) is 5.13 Å². The summed E-state index contributed by atoms with van der Waals surface area (Å²) in [6.45, 7) is 3.07. The van der Waals surface area contributed by atoms with Crippen molar-refractivity contribution in [3.05, 3.63) is 82.4 Å². The summed E-state index contributed by atoms with van der Waals surface area (Å²) in [5.41, 5.74) is 2.75. The number of aliphatic imine (C=N–C) groups is 2. The van der Waals surface area contributed by atoms with Crippen molar-refractivity contribution in [1.82, 2.24) is 9.88 Å². The highest BCUT2D eigenvalue weighted by atomic mass is 32.1. The zero-order chi connectivity index (χ0) is 27.4. The number of nitrogens with zero attached hydrogens (tertiary/aromatic N) is 5. The van der Waals surface area contributed by atoms with Crippen LogP contribution in [0.4, 0.5) is 5.13 Å². The van der Waals surface area contributed by atoms with E-state index >= 15 is 0 Å². The number of anilines is 1. The van der Waals surface area contributed by atoms with E-state index in [0.717, 1.165) is 47.5 Å². The number of rotatable bonds is 8. The highest BCUT2D eigenvalue weighted by Gasteiger charge is 2.47. The Hall–Kier alpha value is -3.77. The van der Waals surface area contributed by atoms with Crippen molar-refractivity contribution < 1.29 is 18.9 Å². The lowest BCUT2D eigenvalue weighted by Gasteiger charge is -2.35. The second-order valence-electron chi connectivity index (χ2n) is 9.48. The molecule has 3 N–H and O–H groups in total. The van der Waals surface area contributed by atoms with Crippen molar-refractivity contribution in [2.75, 3.05) is 25.6 Å². The SMILES string of the molecule is CCc1cnc(NC(=O)c2ccc(C3=NC(C4CCCCN4C(=O)/C=C/COC)=C4C=NC=C[N+]34N)cc2)s1. The number of fused-ring (bicyclic) bond motifs is 1. The van der Waals surface area contributed by atoms with E-state index in [0.29, 0.717) is 29.7 Å². The normalized spacial score (nSPS) is 22.4. The van der Waals surface area contributed by atoms with Crippen LogP contribution in [0.2, 0.25) is 0 Å². The summed E-state index contributed by atoms with van der Waals surface area (Å²) in [6, 6.07) is 6.98. The number of quaternary nitrogens is 1. The maximum atomic E-state index is 13.1. The number of amidine groups is 1. The van der Waals surface area contributed by atoms with Crippen LogP contribution in [0.5, 0.6) is 0 Å². The molecule has 0 bridgehead atoms. The first kappa shape index (κ1) is 26.8. The molecule has 39 heavy (non-hydrogen) atoms. The Bertz CT molecular complexity index is 1410. The van der Waals surface area contributed by atoms with E-state index in [-0.39, 0.29) is 22.4 Å². The van der Waals surface area contributed by atoms with E-state index < -0.39 is 0 Å². The van der Waals surface area contributed by atoms with Crippen molar-refractivity contribution in [1.29, 1.82) is 0 Å². The predicted octanol–water partition coefficient (Wildman–Crippen LogP) is 3.76. The summed E-state index contributed by atoms with van der Waals surface area (Å²) in [5, 5.41) is 3.44. The highest BCUT2D eigenvalue weighted by Crippen LogP contribution is 2.36. The molecule has 3 aliphatic heterocycles. The Balaban J connectivity index is 1.42. The fraction of sp³-hybridized carbons (Fsp3) is 0.321. The Morgan fingerprint density at radius 3 is 2.85 bits per heavy atom. The number of carbonyl (C=O) groups excluding carboxylic acids is 2. The van der Waals surface area contributed by atoms with E-state index in [1.807, 2.05) is 17.0 Å². The summed E-state index contributed by atoms with van der Waals surface area (Å²) >= 11 is 1.47. The van der Waals surface area contributed by atoms with Gasteiger partial charge in [0.25, 0.3) is 11.7 Å². The third-order valence-corrected chi connectivity index (χ3v) is 8.03. The quantitative estimate of drug-likeness (QED) is 0.297. The number of amides is 2. The number of aryl methyl sites for hydroxylation is 1. The van der Waals surface area contributed by atoms with Crippen LogP contribution < -0.4 is 11.2 Å². The minimum absolute atomic E-state index is 0.0754. The zero-order valence-electron chi connectivity index (χ0n) is 22.0. The van der Waals surface area contributed by atoms with Crippen LogP contribution in [0.1, 0.15) is 47.0 Å². The molecule has 1 fully saturated rings. The predicted molar refractivity (Wildman–Crippen MR) is 152 cm³/mol. The van der Waals surface area contributed by atoms with Crippen molar-refractivity contribution in [2.24, 2.45) is 15.8 Å². The first-order valence-electron chi connectivity index (χ1n) is 13.0. The number of hydrogen-bond donors (Lipinski definition) is 2. The molecule has 10 nitrogen and oxygen atoms in total. The molecule has 1 aromatic heterocycles. The van der Waals surface area contributed by atoms with Crippen molar-refractivity contribution in [3.63, 3.8) is 0 Å². The van der Waals surface area contributed by atoms with Crippen LogP contribution in [0.25, 0.3) is 0 Å². The third kappa shape index (κ3) is 5.39. The van der Waals surface area contributed by atoms with Gasteiger partial charge in [-0.05, 0) is 49.9 Å². The van der Waals surface area contributed by atoms with E-state index in [2.05, 4.69) is 22.2 Å². The van der Waals surface area contributed by atoms with Gasteiger partial charge < -0.3 is 9.64 Å². The number of allylic oxidation sites excluding steroid dienone is 1. The Morgan fingerprint density at radius 2 is 2.10 bits per heavy atom. The Labute approximate surface area is 231 Å². The lowest BCUT2D eigenvalue weighted by atomic mass is 9.98. The molecule has 0 saturated carbocycles. The molecule has 2 aromatic rings. The van der Waals surface area contributed by atoms with Crippen molar-refractivity contribution in [2.45, 2.75) is 38.6 Å². The van der Waals surface area contributed by atoms with Gasteiger partial charge in [0.05, 0.1) is 30.6 Å². The van der Waals surface area contributed by atoms with Gasteiger partial charge in [-0.3, -0.25) is 19.9 Å². The number of methoxy groups -OCH3 is 1. The van der Waals surface area contributed by atoms with Gasteiger partial charge in [-0.2, -0.15) is 10.8 Å². The first-order chi connectivity index (χ1) is 18.9. The average Bonchev–Trinajstić information content (AvgIpc) is 3.54. The van der Waals surface area contributed by atoms with Crippen LogP contribution >= 0.6 is 11.3 Å². The van der Waals surface area contributed by atoms with Gasteiger partial charge in [0, 0.05) is 36.4 Å². The monoisotopic (exact) mass is 546 g/mol. The van der Waals surface area contributed by atoms with Gasteiger partial charge in [-0.25, -0.2) is 4.98 Å². The van der Waals surface area contributed by atoms with Crippen LogP contribution in [-0.4, -0.2) is 64.6 Å². The molecular formula is C28H32N7O3S+. The molecule has 3 aliphatic rings. The van der Waals surface area contributed by atoms with Gasteiger partial charge in [-0.1, -0.05) is 13.0 Å². The fourth-order valence-electron chi connectivity index (χ4n) is 4.94. The molecule has 1 saturated heterocycles. The topological polar surface area (TPSA) is 122 Å². The number of likely N-dealkylation sites (tertiary alicyclic amines) is 1. The second kappa shape index (κ2) is 11.5. The van der Waals surface area contributed by atoms with Gasteiger partial charge in [-0.15, -0.1) is 15.9 Å². The minimum Gasteiger partial charge on any atom is -0.381 e. The fourth-order valence-corrected chi connectivity index (χ4v) is 5.69. The number of nitrogens with two attached hydrogens (primary N) is 1. The largest absolute Gasteiger partial charge is 0.381 e. The molecule has 202 valence electrons. The third-order valence-electron chi connectivity index (χ3n) is 6.98. The molecule has 0 radical (unpaired) electrons. The molecular weight excluding hydrogens is 514 g/mol. The van der Waals surface area contributed by atoms with Crippen molar-refractivity contribution >= 4 is 40.3 Å². The van der Waals surface area contributed by atoms with E-state index in [1.165, 1.54) is 11.3 Å². The van der Waals surface area contributed by atoms with E-state index in [1.54, 1.807) is 56.2 Å². The number of carbonyl (C=O) groups is 2. The number of thiazole rings is 1. The van der Waals surface area contributed by atoms with Gasteiger partial charge in [0.2, 0.25) is 11.6 Å². The van der Waals surface area contributed by atoms with Crippen LogP contribution in [0, 0.1) is 0 Å². The Kier molecular flexibility index (Phi) is 7.94. The first-order valence-corrected chi connectivity index (χ1v) is 13.8. The number of ether oxygens (including phenoxy) is 1. The summed E-state index contributed by atoms with van der Waals surface area (Å²) in [5.74, 6) is 7.22. The average molecular weight is 547 g/mol. The standard InChI is InChI=1S/C28H31N7O3S/c1-3-21-17-31-28(39-21)33-27(37)20-11-9-19(10-12-20)26-32-25(23-18-30-13-15-35(23,26)29)22-7-4-5-14-34(22)24(36)8-6-16-38-2/h6,8-13,15,17-18,22H,3-5,7,14,16,29H2,1-2H3/p+1/b8-6+. The summed E-state index contributed by atoms with van der Waals surface area (Å²) in [6.07, 6.45) is 13.8. The molecule has 4 heterocycles. The number of piperidine rings is 1. The molecule has 0 spiro atoms. The van der Waals surface area contributed by atoms with Crippen LogP contribution in [0.15, 0.2) is 76.4 Å². The number of hydrogen-bond acceptors (Lipinski definition) is 8. The maximum Gasteiger partial charge on any atom is 0.264 e. The number of aromatic nitrogens is 1. The Morgan fingerprint density at radius 1 is 1.28 bits per heavy atom. The maximum absolute atomic E-state index is 13.1. The smallest absolute Gasteiger partial charge is 0.264 e. The van der Waals surface area contributed by atoms with Crippen LogP contribution in [-0.2, 0) is 16.0 Å². The molecule has 2 atom stereocenters. The minimum atomic E-state index is -0.231. The van der Waals surface area contributed by atoms with E-state index in [4.69, 9.17) is 15.6 Å². The lowest BCUT2D eigenvalue weighted by Crippen LogP contribution is -2.53. The number of benzene rings is 1. The van der Waals surface area contributed by atoms with Gasteiger partial charge in [0.1, 0.15) is 11.9 Å². The summed E-state index contributed by atoms with van der Waals surface area (Å²) in [7, 11) is 1.59. The molecule has 2 amide bonds.